The van der Waals surface area contributed by atoms with Crippen molar-refractivity contribution in [1.82, 2.24) is 5.32 Å². The number of carbonyl (C=O) groups is 1. The van der Waals surface area contributed by atoms with E-state index in [1.54, 1.807) is 18.9 Å². The van der Waals surface area contributed by atoms with Crippen molar-refractivity contribution in [1.29, 1.82) is 0 Å². The number of thioether (sulfide) groups is 2. The van der Waals surface area contributed by atoms with Gasteiger partial charge in [-0.1, -0.05) is 29.3 Å². The Bertz CT molecular complexity index is 706. The molecule has 2 aromatic carbocycles. The maximum absolute atomic E-state index is 12.2. The maximum Gasteiger partial charge on any atom is 0.233 e. The molecule has 3 nitrogen and oxygen atoms in total. The van der Waals surface area contributed by atoms with Gasteiger partial charge in [0.25, 0.3) is 0 Å². The number of nitrogens with one attached hydrogen (secondary N) is 1. The van der Waals surface area contributed by atoms with E-state index in [2.05, 4.69) is 5.32 Å². The van der Waals surface area contributed by atoms with E-state index >= 15 is 0 Å². The summed E-state index contributed by atoms with van der Waals surface area (Å²) in [4.78, 5) is 13.2. The third kappa shape index (κ3) is 6.62. The minimum Gasteiger partial charge on any atom is -0.497 e. The number of halogens is 2. The molecule has 1 amide bonds. The molecule has 0 aliphatic carbocycles. The number of amides is 1. The summed E-state index contributed by atoms with van der Waals surface area (Å²) in [5, 5.41) is 4.17. The van der Waals surface area contributed by atoms with Crippen molar-refractivity contribution in [3.63, 3.8) is 0 Å². The smallest absolute Gasteiger partial charge is 0.233 e. The van der Waals surface area contributed by atoms with E-state index < -0.39 is 0 Å². The van der Waals surface area contributed by atoms with Crippen molar-refractivity contribution in [3.8, 4) is 5.75 Å². The summed E-state index contributed by atoms with van der Waals surface area (Å²) in [6, 6.07) is 13.2. The van der Waals surface area contributed by atoms with Gasteiger partial charge < -0.3 is 10.1 Å². The van der Waals surface area contributed by atoms with Crippen molar-refractivity contribution in [2.75, 3.05) is 19.4 Å². The molecule has 0 heterocycles. The van der Waals surface area contributed by atoms with Crippen LogP contribution in [0.5, 0.6) is 5.75 Å². The van der Waals surface area contributed by atoms with Crippen LogP contribution in [0.25, 0.3) is 0 Å². The predicted molar refractivity (Wildman–Crippen MR) is 114 cm³/mol. The average Bonchev–Trinajstić information content (AvgIpc) is 2.64. The Morgan fingerprint density at radius 3 is 2.42 bits per heavy atom. The first kappa shape index (κ1) is 21.3. The highest BCUT2D eigenvalue weighted by molar-refractivity contribution is 8.00. The number of benzene rings is 2. The van der Waals surface area contributed by atoms with Gasteiger partial charge in [-0.05, 0) is 48.9 Å². The Kier molecular flexibility index (Phi) is 8.99. The van der Waals surface area contributed by atoms with Gasteiger partial charge >= 0.3 is 0 Å². The van der Waals surface area contributed by atoms with Gasteiger partial charge in [0.2, 0.25) is 5.91 Å². The second-order valence-corrected chi connectivity index (χ2v) is 8.81. The summed E-state index contributed by atoms with van der Waals surface area (Å²) in [6.45, 7) is 2.51. The maximum atomic E-state index is 12.2. The first-order chi connectivity index (χ1) is 12.5. The van der Waals surface area contributed by atoms with Crippen molar-refractivity contribution in [3.05, 3.63) is 58.1 Å². The molecule has 1 N–H and O–H groups in total. The lowest BCUT2D eigenvalue weighted by molar-refractivity contribution is -0.120. The number of ether oxygens (including phenoxy) is 1. The summed E-state index contributed by atoms with van der Waals surface area (Å²) in [5.74, 6) is 2.36. The van der Waals surface area contributed by atoms with Gasteiger partial charge in [-0.3, -0.25) is 4.79 Å². The van der Waals surface area contributed by atoms with Gasteiger partial charge in [0.05, 0.1) is 12.4 Å². The molecule has 0 aromatic heterocycles. The van der Waals surface area contributed by atoms with E-state index in [9.17, 15) is 4.79 Å². The quantitative estimate of drug-likeness (QED) is 0.419. The normalized spacial score (nSPS) is 11.8. The molecule has 0 saturated carbocycles. The molecule has 2 aromatic rings. The highest BCUT2D eigenvalue weighted by Gasteiger charge is 2.14. The van der Waals surface area contributed by atoms with Crippen LogP contribution in [-0.4, -0.2) is 30.6 Å². The monoisotopic (exact) mass is 429 g/mol. The fourth-order valence-electron chi connectivity index (χ4n) is 2.15. The summed E-state index contributed by atoms with van der Waals surface area (Å²) in [6.07, 6.45) is 0. The van der Waals surface area contributed by atoms with E-state index in [1.165, 1.54) is 11.8 Å². The molecule has 7 heteroatoms. The second kappa shape index (κ2) is 11.0. The third-order valence-corrected chi connectivity index (χ3v) is 6.40. The van der Waals surface area contributed by atoms with Crippen LogP contribution >= 0.6 is 46.7 Å². The average molecular weight is 430 g/mol. The minimum atomic E-state index is -0.161. The number of methoxy groups -OCH3 is 1. The van der Waals surface area contributed by atoms with Gasteiger partial charge in [0.1, 0.15) is 5.75 Å². The molecule has 0 radical (unpaired) electrons. The topological polar surface area (TPSA) is 38.3 Å². The van der Waals surface area contributed by atoms with Crippen LogP contribution in [0, 0.1) is 0 Å². The van der Waals surface area contributed by atoms with Crippen molar-refractivity contribution in [2.24, 2.45) is 0 Å². The van der Waals surface area contributed by atoms with Crippen molar-refractivity contribution in [2.45, 2.75) is 22.8 Å². The predicted octanol–water partition coefficient (Wildman–Crippen LogP) is 5.53. The van der Waals surface area contributed by atoms with E-state index in [0.29, 0.717) is 16.6 Å². The van der Waals surface area contributed by atoms with Crippen LogP contribution in [0.2, 0.25) is 10.0 Å². The van der Waals surface area contributed by atoms with Gasteiger partial charge in [0.15, 0.2) is 0 Å². The molecule has 0 saturated heterocycles. The zero-order valence-corrected chi connectivity index (χ0v) is 17.8. The Balaban J connectivity index is 1.69. The highest BCUT2D eigenvalue weighted by Crippen LogP contribution is 2.28. The van der Waals surface area contributed by atoms with E-state index in [1.807, 2.05) is 49.4 Å². The number of hydrogen-bond donors (Lipinski definition) is 1. The lowest BCUT2D eigenvalue weighted by Gasteiger charge is -2.12. The van der Waals surface area contributed by atoms with Crippen LogP contribution < -0.4 is 10.1 Å². The fraction of sp³-hybridized carbons (Fsp3) is 0.316. The molecule has 26 heavy (non-hydrogen) atoms. The first-order valence-corrected chi connectivity index (χ1v) is 10.9. The summed E-state index contributed by atoms with van der Waals surface area (Å²) < 4.78 is 5.14. The molecule has 0 spiro atoms. The summed E-state index contributed by atoms with van der Waals surface area (Å²) in [5.41, 5.74) is 0.940. The largest absolute Gasteiger partial charge is 0.497 e. The Morgan fingerprint density at radius 1 is 1.15 bits per heavy atom. The lowest BCUT2D eigenvalue weighted by atomic mass is 10.2. The van der Waals surface area contributed by atoms with Crippen molar-refractivity contribution >= 4 is 52.6 Å². The Morgan fingerprint density at radius 2 is 1.81 bits per heavy atom. The SMILES string of the molecule is COc1ccc(S[C@@H](C)C(=O)NCCSCc2c(Cl)cccc2Cl)cc1. The minimum absolute atomic E-state index is 0.0298. The molecule has 0 aliphatic rings. The molecule has 2 rings (SSSR count). The van der Waals surface area contributed by atoms with Gasteiger partial charge in [-0.25, -0.2) is 0 Å². The molecular formula is C19H21Cl2NO2S2. The van der Waals surface area contributed by atoms with Gasteiger partial charge in [0, 0.05) is 33.0 Å². The third-order valence-electron chi connectivity index (χ3n) is 3.60. The van der Waals surface area contributed by atoms with Crippen LogP contribution in [0.3, 0.4) is 0 Å². The molecule has 140 valence electrons. The molecule has 0 aliphatic heterocycles. The highest BCUT2D eigenvalue weighted by atomic mass is 35.5. The van der Waals surface area contributed by atoms with E-state index in [4.69, 9.17) is 27.9 Å². The summed E-state index contributed by atoms with van der Waals surface area (Å²) in [7, 11) is 1.63. The van der Waals surface area contributed by atoms with Crippen LogP contribution in [0.15, 0.2) is 47.4 Å². The second-order valence-electron chi connectivity index (χ2n) is 5.48. The zero-order chi connectivity index (χ0) is 18.9. The Labute approximate surface area is 173 Å². The standard InChI is InChI=1S/C19H21Cl2NO2S2/c1-13(26-15-8-6-14(24-2)7-9-15)19(23)22-10-11-25-12-16-17(20)4-3-5-18(16)21/h3-9,13H,10-12H2,1-2H3,(H,22,23)/t13-/m0/s1. The van der Waals surface area contributed by atoms with Crippen molar-refractivity contribution < 1.29 is 9.53 Å². The van der Waals surface area contributed by atoms with Gasteiger partial charge in [-0.15, -0.1) is 11.8 Å². The number of carbonyl (C=O) groups excluding carboxylic acids is 1. The first-order valence-electron chi connectivity index (χ1n) is 8.10. The van der Waals surface area contributed by atoms with E-state index in [0.717, 1.165) is 27.7 Å². The molecule has 0 unspecified atom stereocenters. The molecular weight excluding hydrogens is 409 g/mol. The van der Waals surface area contributed by atoms with Gasteiger partial charge in [-0.2, -0.15) is 11.8 Å². The Hall–Kier alpha value is -1.01. The molecule has 0 bridgehead atoms. The van der Waals surface area contributed by atoms with Crippen LogP contribution in [0.1, 0.15) is 12.5 Å². The number of rotatable bonds is 9. The fourth-order valence-corrected chi connectivity index (χ4v) is 4.63. The zero-order valence-electron chi connectivity index (χ0n) is 14.6. The molecule has 1 atom stereocenters. The van der Waals surface area contributed by atoms with Crippen LogP contribution in [0.4, 0.5) is 0 Å². The lowest BCUT2D eigenvalue weighted by Crippen LogP contribution is -2.32. The summed E-state index contributed by atoms with van der Waals surface area (Å²) >= 11 is 15.5. The van der Waals surface area contributed by atoms with Crippen LogP contribution in [-0.2, 0) is 10.5 Å². The van der Waals surface area contributed by atoms with E-state index in [-0.39, 0.29) is 11.2 Å². The molecule has 0 fully saturated rings. The number of hydrogen-bond acceptors (Lipinski definition) is 4.